The summed E-state index contributed by atoms with van der Waals surface area (Å²) in [5, 5.41) is 8.56. The molecule has 0 aliphatic rings. The molecule has 0 aliphatic heterocycles. The van der Waals surface area contributed by atoms with E-state index >= 15 is 0 Å². The second kappa shape index (κ2) is 22.2. The summed E-state index contributed by atoms with van der Waals surface area (Å²) in [6.45, 7) is 20.3. The van der Waals surface area contributed by atoms with E-state index in [1.165, 1.54) is 6.07 Å². The minimum Gasteiger partial charge on any atom is -0.497 e. The highest BCUT2D eigenvalue weighted by Crippen LogP contribution is 2.15. The smallest absolute Gasteiger partial charge is 0.371 e. The lowest BCUT2D eigenvalue weighted by molar-refractivity contribution is 0.0661. The Bertz CT molecular complexity index is 700. The summed E-state index contributed by atoms with van der Waals surface area (Å²) in [6.07, 6.45) is 3.47. The van der Waals surface area contributed by atoms with Crippen molar-refractivity contribution in [2.45, 2.75) is 41.2 Å². The molecular formula is C25H38O5. The van der Waals surface area contributed by atoms with Crippen molar-refractivity contribution in [3.05, 3.63) is 90.9 Å². The number of ether oxygens (including phenoxy) is 2. The van der Waals surface area contributed by atoms with Crippen LogP contribution >= 0.6 is 0 Å². The fourth-order valence-electron chi connectivity index (χ4n) is 1.48. The van der Waals surface area contributed by atoms with Crippen molar-refractivity contribution in [3.8, 4) is 5.75 Å². The lowest BCUT2D eigenvalue weighted by Crippen LogP contribution is -1.92. The van der Waals surface area contributed by atoms with Crippen LogP contribution in [-0.4, -0.2) is 25.3 Å². The average Bonchev–Trinajstić information content (AvgIpc) is 3.13. The van der Waals surface area contributed by atoms with Crippen molar-refractivity contribution in [1.82, 2.24) is 0 Å². The molecule has 0 fully saturated rings. The van der Waals surface area contributed by atoms with Crippen LogP contribution in [-0.2, 0) is 11.3 Å². The Morgan fingerprint density at radius 2 is 1.63 bits per heavy atom. The van der Waals surface area contributed by atoms with Gasteiger partial charge in [-0.2, -0.15) is 0 Å². The van der Waals surface area contributed by atoms with Crippen LogP contribution in [0.25, 0.3) is 0 Å². The van der Waals surface area contributed by atoms with E-state index in [1.807, 2.05) is 58.0 Å². The molecule has 1 aromatic carbocycles. The Labute approximate surface area is 182 Å². The summed E-state index contributed by atoms with van der Waals surface area (Å²) in [5.41, 5.74) is 1.79. The first kappa shape index (κ1) is 31.6. The zero-order valence-corrected chi connectivity index (χ0v) is 19.5. The maximum absolute atomic E-state index is 10.4. The van der Waals surface area contributed by atoms with Gasteiger partial charge < -0.3 is 19.0 Å². The number of methoxy groups -OCH3 is 2. The molecule has 168 valence electrons. The average molecular weight is 419 g/mol. The molecule has 1 heterocycles. The van der Waals surface area contributed by atoms with Crippen molar-refractivity contribution in [1.29, 1.82) is 0 Å². The van der Waals surface area contributed by atoms with E-state index < -0.39 is 5.97 Å². The Balaban J connectivity index is -0.000000351. The number of carbonyl (C=O) groups is 1. The SMILES string of the molecule is C=CC.C=CC(=C)C.CC.COCc1cc(C(=O)O)oc1C.COc1ccccc1. The Hall–Kier alpha value is -3.05. The number of furan rings is 1. The number of carboxylic acid groups (broad SMARTS) is 1. The predicted octanol–water partition coefficient (Wildman–Crippen LogP) is 7.09. The van der Waals surface area contributed by atoms with E-state index in [9.17, 15) is 4.79 Å². The second-order valence-electron chi connectivity index (χ2n) is 5.41. The van der Waals surface area contributed by atoms with Gasteiger partial charge in [0.25, 0.3) is 0 Å². The number of aryl methyl sites for hydroxylation is 1. The summed E-state index contributed by atoms with van der Waals surface area (Å²) < 4.78 is 14.7. The summed E-state index contributed by atoms with van der Waals surface area (Å²) >= 11 is 0. The van der Waals surface area contributed by atoms with E-state index in [-0.39, 0.29) is 5.76 Å². The van der Waals surface area contributed by atoms with Crippen molar-refractivity contribution >= 4 is 5.97 Å². The normalized spacial score (nSPS) is 8.10. The number of hydrogen-bond donors (Lipinski definition) is 1. The minimum absolute atomic E-state index is 0.0421. The molecule has 0 saturated heterocycles. The van der Waals surface area contributed by atoms with Crippen LogP contribution < -0.4 is 4.74 Å². The van der Waals surface area contributed by atoms with Gasteiger partial charge in [0.1, 0.15) is 11.5 Å². The monoisotopic (exact) mass is 418 g/mol. The van der Waals surface area contributed by atoms with E-state index in [4.69, 9.17) is 19.0 Å². The molecule has 2 aromatic rings. The molecule has 0 spiro atoms. The van der Waals surface area contributed by atoms with Crippen LogP contribution in [0.3, 0.4) is 0 Å². The lowest BCUT2D eigenvalue weighted by atomic mass is 10.2. The second-order valence-corrected chi connectivity index (χ2v) is 5.41. The van der Waals surface area contributed by atoms with E-state index in [0.29, 0.717) is 12.4 Å². The zero-order chi connectivity index (χ0) is 23.9. The number of allylic oxidation sites excluding steroid dienone is 3. The van der Waals surface area contributed by atoms with E-state index in [1.54, 1.807) is 33.3 Å². The Kier molecular flexibility index (Phi) is 23.5. The van der Waals surface area contributed by atoms with Crippen molar-refractivity contribution in [3.63, 3.8) is 0 Å². The van der Waals surface area contributed by atoms with Gasteiger partial charge in [0.2, 0.25) is 5.76 Å². The fourth-order valence-corrected chi connectivity index (χ4v) is 1.48. The predicted molar refractivity (Wildman–Crippen MR) is 126 cm³/mol. The van der Waals surface area contributed by atoms with E-state index in [0.717, 1.165) is 16.9 Å². The van der Waals surface area contributed by atoms with Crippen molar-refractivity contribution < 1.29 is 23.8 Å². The van der Waals surface area contributed by atoms with Crippen LogP contribution in [0.2, 0.25) is 0 Å². The number of para-hydroxylation sites is 1. The summed E-state index contributed by atoms with van der Waals surface area (Å²) in [4.78, 5) is 10.4. The molecular weight excluding hydrogens is 380 g/mol. The summed E-state index contributed by atoms with van der Waals surface area (Å²) in [6, 6.07) is 11.2. The molecule has 1 aromatic heterocycles. The first-order valence-corrected chi connectivity index (χ1v) is 9.52. The highest BCUT2D eigenvalue weighted by atomic mass is 16.5. The minimum atomic E-state index is -1.06. The highest BCUT2D eigenvalue weighted by Gasteiger charge is 2.12. The van der Waals surface area contributed by atoms with Gasteiger partial charge in [0.15, 0.2) is 0 Å². The first-order chi connectivity index (χ1) is 14.3. The van der Waals surface area contributed by atoms with Crippen LogP contribution in [0.5, 0.6) is 5.75 Å². The van der Waals surface area contributed by atoms with E-state index in [2.05, 4.69) is 19.7 Å². The fraction of sp³-hybridized carbons (Fsp3) is 0.320. The molecule has 0 bridgehead atoms. The largest absolute Gasteiger partial charge is 0.497 e. The standard InChI is InChI=1S/C8H10O4.C7H8O.C5H8.C3H6.C2H6/c1-5-6(4-11-2)3-7(12-5)8(9)10;1-8-7-5-3-2-4-6-7;1-4-5(2)3;1-3-2;1-2/h3H,4H2,1-2H3,(H,9,10);2-6H,1H3;4H,1-2H2,3H3;3H,1H2,2H3;1-2H3. The molecule has 0 aliphatic carbocycles. The van der Waals surface area contributed by atoms with Gasteiger partial charge in [-0.3, -0.25) is 0 Å². The van der Waals surface area contributed by atoms with Crippen LogP contribution in [0.4, 0.5) is 0 Å². The number of carboxylic acids is 1. The molecule has 1 N–H and O–H groups in total. The lowest BCUT2D eigenvalue weighted by Gasteiger charge is -1.93. The van der Waals surface area contributed by atoms with Gasteiger partial charge in [-0.15, -0.1) is 6.58 Å². The van der Waals surface area contributed by atoms with Crippen molar-refractivity contribution in [2.24, 2.45) is 0 Å². The third kappa shape index (κ3) is 18.3. The van der Waals surface area contributed by atoms with Crippen LogP contribution in [0, 0.1) is 6.92 Å². The maximum Gasteiger partial charge on any atom is 0.371 e. The Morgan fingerprint density at radius 3 is 1.90 bits per heavy atom. The van der Waals surface area contributed by atoms with Gasteiger partial charge in [-0.05, 0) is 39.0 Å². The van der Waals surface area contributed by atoms with Gasteiger partial charge in [0, 0.05) is 12.7 Å². The number of aromatic carboxylic acids is 1. The van der Waals surface area contributed by atoms with Crippen LogP contribution in [0.1, 0.15) is 49.6 Å². The highest BCUT2D eigenvalue weighted by molar-refractivity contribution is 5.84. The topological polar surface area (TPSA) is 68.9 Å². The van der Waals surface area contributed by atoms with Gasteiger partial charge in [-0.25, -0.2) is 4.79 Å². The first-order valence-electron chi connectivity index (χ1n) is 9.52. The number of hydrogen-bond acceptors (Lipinski definition) is 4. The van der Waals surface area contributed by atoms with Gasteiger partial charge >= 0.3 is 5.97 Å². The molecule has 0 unspecified atom stereocenters. The molecule has 30 heavy (non-hydrogen) atoms. The quantitative estimate of drug-likeness (QED) is 0.414. The van der Waals surface area contributed by atoms with Gasteiger partial charge in [-0.1, -0.05) is 62.9 Å². The number of benzene rings is 1. The number of rotatable bonds is 5. The molecule has 0 saturated carbocycles. The van der Waals surface area contributed by atoms with Gasteiger partial charge in [0.05, 0.1) is 13.7 Å². The third-order valence-corrected chi connectivity index (χ3v) is 2.86. The molecule has 5 heteroatoms. The molecule has 0 radical (unpaired) electrons. The molecule has 0 atom stereocenters. The molecule has 0 amide bonds. The molecule has 2 rings (SSSR count). The Morgan fingerprint density at radius 1 is 1.17 bits per heavy atom. The molecule has 5 nitrogen and oxygen atoms in total. The third-order valence-electron chi connectivity index (χ3n) is 2.86. The zero-order valence-electron chi connectivity index (χ0n) is 19.5. The summed E-state index contributed by atoms with van der Waals surface area (Å²) in [7, 11) is 3.21. The van der Waals surface area contributed by atoms with Crippen LogP contribution in [0.15, 0.2) is 78.3 Å². The van der Waals surface area contributed by atoms with Crippen molar-refractivity contribution in [2.75, 3.05) is 14.2 Å². The summed E-state index contributed by atoms with van der Waals surface area (Å²) in [5.74, 6) is 0.404. The maximum atomic E-state index is 10.4.